The maximum atomic E-state index is 13.6. The monoisotopic (exact) mass is 312 g/mol. The Morgan fingerprint density at radius 2 is 1.57 bits per heavy atom. The van der Waals surface area contributed by atoms with Gasteiger partial charge in [0.05, 0.1) is 7.11 Å². The van der Waals surface area contributed by atoms with Crippen molar-refractivity contribution in [1.82, 2.24) is 0 Å². The second kappa shape index (κ2) is 7.30. The van der Waals surface area contributed by atoms with Gasteiger partial charge in [-0.25, -0.2) is 14.4 Å². The first-order valence-electron chi connectivity index (χ1n) is 5.88. The number of carbonyl (C=O) groups is 3. The van der Waals surface area contributed by atoms with Crippen LogP contribution in [0.4, 0.5) is 8.78 Å². The van der Waals surface area contributed by atoms with Gasteiger partial charge in [0.15, 0.2) is 6.10 Å². The molecule has 0 aliphatic carbocycles. The molecule has 0 aromatic heterocycles. The van der Waals surface area contributed by atoms with Crippen molar-refractivity contribution in [3.63, 3.8) is 0 Å². The van der Waals surface area contributed by atoms with Gasteiger partial charge < -0.3 is 19.3 Å². The number of alkyl halides is 2. The zero-order chi connectivity index (χ0) is 16.8. The number of halogens is 2. The molecule has 122 valence electrons. The van der Waals surface area contributed by atoms with Crippen molar-refractivity contribution >= 4 is 17.9 Å². The van der Waals surface area contributed by atoms with Crippen LogP contribution in [-0.2, 0) is 28.6 Å². The number of rotatable bonds is 7. The maximum Gasteiger partial charge on any atom is 0.379 e. The van der Waals surface area contributed by atoms with E-state index in [-0.39, 0.29) is 0 Å². The molecule has 0 fully saturated rings. The number of methoxy groups -OCH3 is 1. The summed E-state index contributed by atoms with van der Waals surface area (Å²) >= 11 is 0. The van der Waals surface area contributed by atoms with E-state index in [2.05, 4.69) is 14.2 Å². The molecule has 0 heterocycles. The smallest absolute Gasteiger partial charge is 0.379 e. The first kappa shape index (κ1) is 19.2. The number of ether oxygens (including phenoxy) is 3. The minimum atomic E-state index is -4.25. The molecular formula is C12H18F2O7. The Bertz CT molecular complexity index is 401. The van der Waals surface area contributed by atoms with Crippen LogP contribution in [0.5, 0.6) is 0 Å². The van der Waals surface area contributed by atoms with Gasteiger partial charge in [-0.3, -0.25) is 0 Å². The second-order valence-corrected chi connectivity index (χ2v) is 5.23. The van der Waals surface area contributed by atoms with Crippen LogP contribution >= 0.6 is 0 Å². The van der Waals surface area contributed by atoms with Gasteiger partial charge in [0.1, 0.15) is 13.2 Å². The molecule has 1 N–H and O–H groups in total. The molecule has 0 aliphatic rings. The predicted octanol–water partition coefficient (Wildman–Crippen LogP) is 0.854. The third kappa shape index (κ3) is 6.03. The van der Waals surface area contributed by atoms with E-state index in [1.807, 2.05) is 0 Å². The molecule has 0 aromatic carbocycles. The molecule has 0 saturated carbocycles. The van der Waals surface area contributed by atoms with Crippen LogP contribution in [0.3, 0.4) is 0 Å². The van der Waals surface area contributed by atoms with Crippen LogP contribution in [-0.4, -0.2) is 55.4 Å². The highest BCUT2D eigenvalue weighted by Gasteiger charge is 2.55. The number of carboxylic acid groups (broad SMARTS) is 1. The van der Waals surface area contributed by atoms with Gasteiger partial charge in [-0.2, -0.15) is 8.78 Å². The zero-order valence-electron chi connectivity index (χ0n) is 12.1. The molecule has 0 aromatic rings. The molecule has 7 nitrogen and oxygen atoms in total. The fraction of sp³-hybridized carbons (Fsp3) is 0.750. The van der Waals surface area contributed by atoms with Crippen LogP contribution in [0.25, 0.3) is 0 Å². The van der Waals surface area contributed by atoms with E-state index in [0.717, 1.165) is 7.11 Å². The van der Waals surface area contributed by atoms with Crippen molar-refractivity contribution in [2.45, 2.75) is 32.8 Å². The normalized spacial score (nSPS) is 13.4. The van der Waals surface area contributed by atoms with E-state index < -0.39 is 48.6 Å². The summed E-state index contributed by atoms with van der Waals surface area (Å²) in [5.74, 6) is -8.62. The second-order valence-electron chi connectivity index (χ2n) is 5.23. The quantitative estimate of drug-likeness (QED) is 0.696. The highest BCUT2D eigenvalue weighted by Crippen LogP contribution is 2.35. The molecule has 1 unspecified atom stereocenters. The first-order chi connectivity index (χ1) is 9.42. The lowest BCUT2D eigenvalue weighted by atomic mass is 9.85. The van der Waals surface area contributed by atoms with E-state index in [4.69, 9.17) is 5.11 Å². The number of carboxylic acids is 1. The third-order valence-electron chi connectivity index (χ3n) is 2.32. The van der Waals surface area contributed by atoms with Crippen molar-refractivity contribution < 1.29 is 42.5 Å². The van der Waals surface area contributed by atoms with Crippen LogP contribution in [0, 0.1) is 5.41 Å². The molecule has 0 spiro atoms. The van der Waals surface area contributed by atoms with Gasteiger partial charge in [0.25, 0.3) is 0 Å². The molecule has 9 heteroatoms. The number of carbonyl (C=O) groups excluding carboxylic acids is 2. The Kier molecular flexibility index (Phi) is 6.68. The average molecular weight is 312 g/mol. The molecule has 0 amide bonds. The molecule has 0 rings (SSSR count). The van der Waals surface area contributed by atoms with Crippen LogP contribution < -0.4 is 0 Å². The summed E-state index contributed by atoms with van der Waals surface area (Å²) in [5, 5.41) is 8.53. The lowest BCUT2D eigenvalue weighted by Gasteiger charge is -2.33. The van der Waals surface area contributed by atoms with Gasteiger partial charge in [0, 0.05) is 5.41 Å². The standard InChI is InChI=1S/C12H18F2O7/c1-11(2,3)9(12(13,14)10(17)18)21-8(16)6-20-5-7(15)19-4/h9H,5-6H2,1-4H3,(H,17,18). The van der Waals surface area contributed by atoms with E-state index in [9.17, 15) is 23.2 Å². The minimum absolute atomic E-state index is 0.554. The maximum absolute atomic E-state index is 13.6. The fourth-order valence-electron chi connectivity index (χ4n) is 1.35. The summed E-state index contributed by atoms with van der Waals surface area (Å²) in [6, 6.07) is 0. The van der Waals surface area contributed by atoms with Crippen LogP contribution in [0.2, 0.25) is 0 Å². The van der Waals surface area contributed by atoms with E-state index in [0.29, 0.717) is 0 Å². The summed E-state index contributed by atoms with van der Waals surface area (Å²) in [5.41, 5.74) is -1.32. The number of hydrogen-bond donors (Lipinski definition) is 1. The molecule has 0 saturated heterocycles. The van der Waals surface area contributed by atoms with Gasteiger partial charge >= 0.3 is 23.8 Å². The largest absolute Gasteiger partial charge is 0.477 e. The van der Waals surface area contributed by atoms with E-state index in [1.54, 1.807) is 0 Å². The summed E-state index contributed by atoms with van der Waals surface area (Å²) in [6.45, 7) is 2.57. The number of esters is 2. The first-order valence-corrected chi connectivity index (χ1v) is 5.88. The molecular weight excluding hydrogens is 294 g/mol. The Hall–Kier alpha value is -1.77. The molecule has 0 radical (unpaired) electrons. The van der Waals surface area contributed by atoms with E-state index >= 15 is 0 Å². The highest BCUT2D eigenvalue weighted by molar-refractivity contribution is 5.78. The summed E-state index contributed by atoms with van der Waals surface area (Å²) < 4.78 is 40.5. The van der Waals surface area contributed by atoms with E-state index in [1.165, 1.54) is 20.8 Å². The van der Waals surface area contributed by atoms with Crippen molar-refractivity contribution in [3.8, 4) is 0 Å². The Morgan fingerprint density at radius 3 is 1.95 bits per heavy atom. The highest BCUT2D eigenvalue weighted by atomic mass is 19.3. The Morgan fingerprint density at radius 1 is 1.10 bits per heavy atom. The summed E-state index contributed by atoms with van der Waals surface area (Å²) in [4.78, 5) is 32.7. The van der Waals surface area contributed by atoms with Crippen molar-refractivity contribution in [1.29, 1.82) is 0 Å². The zero-order valence-corrected chi connectivity index (χ0v) is 12.1. The molecule has 21 heavy (non-hydrogen) atoms. The van der Waals surface area contributed by atoms with Crippen LogP contribution in [0.15, 0.2) is 0 Å². The topological polar surface area (TPSA) is 99.1 Å². The average Bonchev–Trinajstić information content (AvgIpc) is 2.33. The van der Waals surface area contributed by atoms with Crippen molar-refractivity contribution in [2.24, 2.45) is 5.41 Å². The summed E-state index contributed by atoms with van der Waals surface area (Å²) in [6.07, 6.45) is -2.18. The lowest BCUT2D eigenvalue weighted by molar-refractivity contribution is -0.209. The molecule has 1 atom stereocenters. The van der Waals surface area contributed by atoms with Gasteiger partial charge in [-0.05, 0) is 0 Å². The number of aliphatic carboxylic acids is 1. The number of hydrogen-bond acceptors (Lipinski definition) is 6. The van der Waals surface area contributed by atoms with Crippen molar-refractivity contribution in [2.75, 3.05) is 20.3 Å². The Balaban J connectivity index is 4.74. The molecule has 0 bridgehead atoms. The molecule has 0 aliphatic heterocycles. The Labute approximate surface area is 120 Å². The lowest BCUT2D eigenvalue weighted by Crippen LogP contribution is -2.51. The third-order valence-corrected chi connectivity index (χ3v) is 2.32. The van der Waals surface area contributed by atoms with Gasteiger partial charge in [0.2, 0.25) is 0 Å². The minimum Gasteiger partial charge on any atom is -0.477 e. The summed E-state index contributed by atoms with van der Waals surface area (Å²) in [7, 11) is 1.10. The fourth-order valence-corrected chi connectivity index (χ4v) is 1.35. The van der Waals surface area contributed by atoms with Gasteiger partial charge in [-0.15, -0.1) is 0 Å². The van der Waals surface area contributed by atoms with Crippen molar-refractivity contribution in [3.05, 3.63) is 0 Å². The van der Waals surface area contributed by atoms with Crippen LogP contribution in [0.1, 0.15) is 20.8 Å². The van der Waals surface area contributed by atoms with Gasteiger partial charge in [-0.1, -0.05) is 20.8 Å². The SMILES string of the molecule is COC(=O)COCC(=O)OC(C(C)(C)C)C(F)(F)C(=O)O. The predicted molar refractivity (Wildman–Crippen MR) is 64.8 cm³/mol.